The molecule has 0 aliphatic carbocycles. The number of benzene rings is 4. The first kappa shape index (κ1) is 32.5. The predicted octanol–water partition coefficient (Wildman–Crippen LogP) is 9.80. The number of hydrogen-bond acceptors (Lipinski definition) is 9. The number of carbonyl (C=O) groups is 2. The molecule has 2 amide bonds. The van der Waals surface area contributed by atoms with E-state index in [1.807, 2.05) is 122 Å². The van der Waals surface area contributed by atoms with Crippen molar-refractivity contribution in [2.45, 2.75) is 23.6 Å². The summed E-state index contributed by atoms with van der Waals surface area (Å²) in [4.78, 5) is 36.2. The Balaban J connectivity index is 0.975. The topological polar surface area (TPSA) is 93.2 Å². The smallest absolute Gasteiger partial charge is 0.236 e. The maximum absolute atomic E-state index is 12.4. The predicted molar refractivity (Wildman–Crippen MR) is 196 cm³/mol. The van der Waals surface area contributed by atoms with Crippen LogP contribution < -0.4 is 15.4 Å². The standard InChI is InChI=1S/C36H30N4O3S4/c1-23-3-15-29(16-4-23)44-21-33(41)39-35-37-31(19-46-35)25-7-11-27(12-8-25)43-28-13-9-26(10-14-28)32-20-47-36(38-32)40-34(42)22-45-30-17-5-24(2)6-18-30/h3-20H,21-22H2,1-2H3,(H,37,39,41)(H,38,40,42). The minimum atomic E-state index is -0.0861. The summed E-state index contributed by atoms with van der Waals surface area (Å²) < 4.78 is 6.06. The largest absolute Gasteiger partial charge is 0.457 e. The van der Waals surface area contributed by atoms with E-state index < -0.39 is 0 Å². The molecule has 0 bridgehead atoms. The highest BCUT2D eigenvalue weighted by molar-refractivity contribution is 8.00. The van der Waals surface area contributed by atoms with Gasteiger partial charge in [-0.15, -0.1) is 46.2 Å². The number of thiazole rings is 2. The summed E-state index contributed by atoms with van der Waals surface area (Å²) in [6, 6.07) is 31.6. The number of thioether (sulfide) groups is 2. The van der Waals surface area contributed by atoms with Crippen LogP contribution in [-0.2, 0) is 9.59 Å². The zero-order valence-corrected chi connectivity index (χ0v) is 28.8. The lowest BCUT2D eigenvalue weighted by Crippen LogP contribution is -2.13. The molecule has 4 aromatic carbocycles. The second-order valence-corrected chi connectivity index (χ2v) is 14.3. The molecule has 2 N–H and O–H groups in total. The van der Waals surface area contributed by atoms with Crippen molar-refractivity contribution in [3.63, 3.8) is 0 Å². The van der Waals surface area contributed by atoms with Crippen LogP contribution in [0.15, 0.2) is 118 Å². The van der Waals surface area contributed by atoms with Crippen LogP contribution >= 0.6 is 46.2 Å². The van der Waals surface area contributed by atoms with Crippen LogP contribution in [0, 0.1) is 13.8 Å². The number of anilines is 2. The van der Waals surface area contributed by atoms with Crippen molar-refractivity contribution in [2.75, 3.05) is 22.1 Å². The summed E-state index contributed by atoms with van der Waals surface area (Å²) >= 11 is 5.80. The SMILES string of the molecule is Cc1ccc(SCC(=O)Nc2nc(-c3ccc(Oc4ccc(-c5csc(NC(=O)CSc6ccc(C)cc6)n5)cc4)cc3)cs2)cc1. The molecule has 47 heavy (non-hydrogen) atoms. The number of aromatic nitrogens is 2. The van der Waals surface area contributed by atoms with E-state index in [0.717, 1.165) is 32.3 Å². The van der Waals surface area contributed by atoms with Gasteiger partial charge in [-0.25, -0.2) is 9.97 Å². The van der Waals surface area contributed by atoms with Crippen molar-refractivity contribution < 1.29 is 14.3 Å². The van der Waals surface area contributed by atoms with E-state index in [2.05, 4.69) is 20.6 Å². The monoisotopic (exact) mass is 694 g/mol. The lowest BCUT2D eigenvalue weighted by Gasteiger charge is -2.07. The van der Waals surface area contributed by atoms with E-state index in [4.69, 9.17) is 4.74 Å². The molecular formula is C36H30N4O3S4. The molecule has 11 heteroatoms. The van der Waals surface area contributed by atoms with Crippen LogP contribution in [0.2, 0.25) is 0 Å². The number of nitrogens with zero attached hydrogens (tertiary/aromatic N) is 2. The first-order valence-corrected chi connectivity index (χ1v) is 18.4. The summed E-state index contributed by atoms with van der Waals surface area (Å²) in [6.45, 7) is 4.08. The molecule has 0 radical (unpaired) electrons. The number of ether oxygens (including phenoxy) is 1. The Morgan fingerprint density at radius 2 is 0.979 bits per heavy atom. The Kier molecular flexibility index (Phi) is 10.7. The molecule has 7 nitrogen and oxygen atoms in total. The van der Waals surface area contributed by atoms with Gasteiger partial charge in [0.15, 0.2) is 10.3 Å². The van der Waals surface area contributed by atoms with Gasteiger partial charge in [0.25, 0.3) is 0 Å². The summed E-state index contributed by atoms with van der Waals surface area (Å²) in [5.74, 6) is 1.86. The normalized spacial score (nSPS) is 10.9. The average Bonchev–Trinajstić information content (AvgIpc) is 3.75. The maximum atomic E-state index is 12.4. The van der Waals surface area contributed by atoms with Crippen molar-refractivity contribution in [3.05, 3.63) is 119 Å². The van der Waals surface area contributed by atoms with Crippen LogP contribution in [0.4, 0.5) is 10.3 Å². The van der Waals surface area contributed by atoms with Gasteiger partial charge in [0, 0.05) is 31.7 Å². The first-order valence-electron chi connectivity index (χ1n) is 14.6. The van der Waals surface area contributed by atoms with Crippen LogP contribution in [0.3, 0.4) is 0 Å². The molecule has 0 fully saturated rings. The number of hydrogen-bond donors (Lipinski definition) is 2. The van der Waals surface area contributed by atoms with Crippen molar-refractivity contribution in [1.82, 2.24) is 9.97 Å². The summed E-state index contributed by atoms with van der Waals surface area (Å²) in [5.41, 5.74) is 5.82. The Hall–Kier alpha value is -4.42. The Bertz CT molecular complexity index is 1810. The second kappa shape index (κ2) is 15.4. The van der Waals surface area contributed by atoms with Gasteiger partial charge in [0.2, 0.25) is 11.8 Å². The van der Waals surface area contributed by atoms with E-state index in [9.17, 15) is 9.59 Å². The van der Waals surface area contributed by atoms with E-state index in [0.29, 0.717) is 33.3 Å². The third kappa shape index (κ3) is 9.32. The quantitative estimate of drug-likeness (QED) is 0.123. The van der Waals surface area contributed by atoms with Crippen molar-refractivity contribution in [2.24, 2.45) is 0 Å². The third-order valence-electron chi connectivity index (χ3n) is 6.82. The summed E-state index contributed by atoms with van der Waals surface area (Å²) in [6.07, 6.45) is 0. The second-order valence-electron chi connectivity index (χ2n) is 10.5. The lowest BCUT2D eigenvalue weighted by atomic mass is 10.1. The molecule has 2 aromatic heterocycles. The van der Waals surface area contributed by atoms with Gasteiger partial charge in [-0.2, -0.15) is 0 Å². The number of nitrogens with one attached hydrogen (secondary N) is 2. The molecule has 0 unspecified atom stereocenters. The molecule has 2 heterocycles. The molecule has 0 aliphatic rings. The van der Waals surface area contributed by atoms with E-state index in [1.165, 1.54) is 57.3 Å². The van der Waals surface area contributed by atoms with Gasteiger partial charge in [-0.05, 0) is 86.6 Å². The Morgan fingerprint density at radius 1 is 0.596 bits per heavy atom. The highest BCUT2D eigenvalue weighted by Gasteiger charge is 2.11. The van der Waals surface area contributed by atoms with E-state index in [1.54, 1.807) is 0 Å². The zero-order chi connectivity index (χ0) is 32.6. The fourth-order valence-electron chi connectivity index (χ4n) is 4.33. The summed E-state index contributed by atoms with van der Waals surface area (Å²) in [5, 5.41) is 10.8. The molecule has 0 saturated carbocycles. The van der Waals surface area contributed by atoms with Gasteiger partial charge in [0.1, 0.15) is 11.5 Å². The highest BCUT2D eigenvalue weighted by atomic mass is 32.2. The maximum Gasteiger partial charge on any atom is 0.236 e. The van der Waals surface area contributed by atoms with Gasteiger partial charge in [-0.3, -0.25) is 9.59 Å². The van der Waals surface area contributed by atoms with Gasteiger partial charge in [-0.1, -0.05) is 35.4 Å². The average molecular weight is 695 g/mol. The number of rotatable bonds is 12. The van der Waals surface area contributed by atoms with Gasteiger partial charge < -0.3 is 15.4 Å². The van der Waals surface area contributed by atoms with Crippen LogP contribution in [0.25, 0.3) is 22.5 Å². The minimum Gasteiger partial charge on any atom is -0.457 e. The molecule has 0 aliphatic heterocycles. The summed E-state index contributed by atoms with van der Waals surface area (Å²) in [7, 11) is 0. The number of aryl methyl sites for hydroxylation is 2. The van der Waals surface area contributed by atoms with Crippen LogP contribution in [0.5, 0.6) is 11.5 Å². The minimum absolute atomic E-state index is 0.0861. The third-order valence-corrected chi connectivity index (χ3v) is 10.4. The Morgan fingerprint density at radius 3 is 1.36 bits per heavy atom. The molecular weight excluding hydrogens is 665 g/mol. The van der Waals surface area contributed by atoms with Gasteiger partial charge >= 0.3 is 0 Å². The van der Waals surface area contributed by atoms with E-state index >= 15 is 0 Å². The van der Waals surface area contributed by atoms with Crippen molar-refractivity contribution >= 4 is 68.3 Å². The zero-order valence-electron chi connectivity index (χ0n) is 25.6. The molecule has 6 rings (SSSR count). The number of amides is 2. The van der Waals surface area contributed by atoms with E-state index in [-0.39, 0.29) is 11.8 Å². The van der Waals surface area contributed by atoms with Crippen LogP contribution in [-0.4, -0.2) is 33.3 Å². The lowest BCUT2D eigenvalue weighted by molar-refractivity contribution is -0.114. The highest BCUT2D eigenvalue weighted by Crippen LogP contribution is 2.31. The number of carbonyl (C=O) groups excluding carboxylic acids is 2. The van der Waals surface area contributed by atoms with Gasteiger partial charge in [0.05, 0.1) is 22.9 Å². The van der Waals surface area contributed by atoms with Crippen LogP contribution in [0.1, 0.15) is 11.1 Å². The molecule has 6 aromatic rings. The molecule has 236 valence electrons. The Labute approximate surface area is 289 Å². The molecule has 0 saturated heterocycles. The van der Waals surface area contributed by atoms with Crippen molar-refractivity contribution in [1.29, 1.82) is 0 Å². The molecule has 0 spiro atoms. The van der Waals surface area contributed by atoms with Crippen molar-refractivity contribution in [3.8, 4) is 34.0 Å². The molecule has 0 atom stereocenters. The fraction of sp³-hybridized carbons (Fsp3) is 0.111. The fourth-order valence-corrected chi connectivity index (χ4v) is 7.20. The first-order chi connectivity index (χ1) is 22.9.